The van der Waals surface area contributed by atoms with E-state index in [2.05, 4.69) is 166 Å². The highest BCUT2D eigenvalue weighted by molar-refractivity contribution is 5.71. The molecule has 0 aromatic carbocycles. The minimum absolute atomic E-state index is 0.159. The molecule has 0 bridgehead atoms. The molecule has 0 amide bonds. The first-order chi connectivity index (χ1) is 33.6. The van der Waals surface area contributed by atoms with Gasteiger partial charge in [0.1, 0.15) is 13.2 Å². The lowest BCUT2D eigenvalue weighted by molar-refractivity contribution is -0.870. The smallest absolute Gasteiger partial charge is 0.361 e. The minimum Gasteiger partial charge on any atom is -0.477 e. The predicted molar refractivity (Wildman–Crippen MR) is 290 cm³/mol. The number of ether oxygens (including phenoxy) is 4. The summed E-state index contributed by atoms with van der Waals surface area (Å²) in [6.07, 6.45) is 70.4. The van der Waals surface area contributed by atoms with Crippen LogP contribution in [0.5, 0.6) is 0 Å². The van der Waals surface area contributed by atoms with Crippen LogP contribution >= 0.6 is 0 Å². The fourth-order valence-electron chi connectivity index (χ4n) is 5.88. The first-order valence-electron chi connectivity index (χ1n) is 25.6. The van der Waals surface area contributed by atoms with E-state index >= 15 is 0 Å². The number of carboxylic acid groups (broad SMARTS) is 1. The number of likely N-dealkylation sites (N-methyl/N-ethyl adjacent to an activating group) is 1. The summed E-state index contributed by atoms with van der Waals surface area (Å²) in [5.74, 6) is -2.17. The molecule has 0 aromatic rings. The Labute approximate surface area is 419 Å². The number of carboxylic acids is 1. The number of unbranched alkanes of at least 4 members (excludes halogenated alkanes) is 3. The number of rotatable bonds is 44. The van der Waals surface area contributed by atoms with Gasteiger partial charge >= 0.3 is 17.9 Å². The highest BCUT2D eigenvalue weighted by atomic mass is 16.7. The van der Waals surface area contributed by atoms with Crippen LogP contribution in [-0.4, -0.2) is 87.4 Å². The molecule has 0 saturated carbocycles. The highest BCUT2D eigenvalue weighted by Crippen LogP contribution is 2.09. The summed E-state index contributed by atoms with van der Waals surface area (Å²) in [7, 11) is 5.91. The molecule has 1 N–H and O–H groups in total. The molecule has 0 spiro atoms. The number of allylic oxidation sites excluding steroid dienone is 26. The Kier molecular flexibility index (Phi) is 45.7. The molecular formula is C60H92NO8+. The van der Waals surface area contributed by atoms with Crippen molar-refractivity contribution < 1.29 is 42.9 Å². The van der Waals surface area contributed by atoms with Gasteiger partial charge in [-0.15, -0.1) is 0 Å². The largest absolute Gasteiger partial charge is 0.477 e. The average molecular weight is 955 g/mol. The topological polar surface area (TPSA) is 108 Å². The van der Waals surface area contributed by atoms with E-state index in [1.807, 2.05) is 27.2 Å². The van der Waals surface area contributed by atoms with Gasteiger partial charge in [-0.05, 0) is 116 Å². The van der Waals surface area contributed by atoms with Crippen molar-refractivity contribution in [1.82, 2.24) is 0 Å². The Morgan fingerprint density at radius 3 is 1.14 bits per heavy atom. The summed E-state index contributed by atoms with van der Waals surface area (Å²) in [5.41, 5.74) is 0. The molecule has 2 atom stereocenters. The first-order valence-corrected chi connectivity index (χ1v) is 25.6. The number of quaternary nitrogens is 1. The standard InChI is InChI=1S/C60H91NO8/c1-6-8-10-12-14-16-18-20-22-23-24-25-26-27-28-29-30-31-32-33-34-35-37-39-41-43-45-47-49-51-58(63)69-56(55-68-60(59(64)65)66-53-52-61(3,4)5)54-67-57(62)50-48-46-44-42-40-38-36-21-19-17-15-13-11-9-7-2/h8-11,14-17,20-22,24-25,27-28,30-31,33-34,36-37,39-40,42-43,45,56,60H,6-7,12-13,18-19,23,26,29,32,35,38,41,44,46-55H2,1-5H3/p+1/b10-8-,11-9-,16-14-,17-15-,22-20-,25-24-,28-27-,31-30-,34-33-,36-21-,39-37-,42-40-,45-43-. The molecule has 384 valence electrons. The first kappa shape index (κ1) is 63.9. The Balaban J connectivity index is 4.52. The van der Waals surface area contributed by atoms with Crippen molar-refractivity contribution in [2.24, 2.45) is 0 Å². The fraction of sp³-hybridized carbons (Fsp3) is 0.517. The van der Waals surface area contributed by atoms with Crippen LogP contribution in [0.3, 0.4) is 0 Å². The maximum atomic E-state index is 12.8. The van der Waals surface area contributed by atoms with Crippen LogP contribution in [0, 0.1) is 0 Å². The molecule has 9 nitrogen and oxygen atoms in total. The summed E-state index contributed by atoms with van der Waals surface area (Å²) < 4.78 is 22.6. The highest BCUT2D eigenvalue weighted by Gasteiger charge is 2.25. The van der Waals surface area contributed by atoms with E-state index in [0.717, 1.165) is 96.3 Å². The Morgan fingerprint density at radius 2 is 0.783 bits per heavy atom. The van der Waals surface area contributed by atoms with Crippen molar-refractivity contribution in [3.8, 4) is 0 Å². The number of carbonyl (C=O) groups excluding carboxylic acids is 2. The van der Waals surface area contributed by atoms with E-state index in [4.69, 9.17) is 18.9 Å². The van der Waals surface area contributed by atoms with E-state index in [-0.39, 0.29) is 32.7 Å². The molecule has 0 aliphatic heterocycles. The van der Waals surface area contributed by atoms with Gasteiger partial charge in [-0.3, -0.25) is 9.59 Å². The zero-order valence-corrected chi connectivity index (χ0v) is 43.4. The molecule has 0 rings (SSSR count). The summed E-state index contributed by atoms with van der Waals surface area (Å²) in [4.78, 5) is 37.2. The van der Waals surface area contributed by atoms with Crippen molar-refractivity contribution in [3.05, 3.63) is 158 Å². The monoisotopic (exact) mass is 955 g/mol. The van der Waals surface area contributed by atoms with E-state index in [9.17, 15) is 19.5 Å². The lowest BCUT2D eigenvalue weighted by Crippen LogP contribution is -2.40. The second-order valence-electron chi connectivity index (χ2n) is 17.4. The number of hydrogen-bond donors (Lipinski definition) is 1. The third-order valence-corrected chi connectivity index (χ3v) is 9.78. The maximum absolute atomic E-state index is 12.8. The molecule has 0 fully saturated rings. The van der Waals surface area contributed by atoms with Crippen molar-refractivity contribution in [2.45, 2.75) is 155 Å². The van der Waals surface area contributed by atoms with Crippen LogP contribution in [0.25, 0.3) is 0 Å². The number of carbonyl (C=O) groups is 3. The molecule has 9 heteroatoms. The zero-order chi connectivity index (χ0) is 50.6. The quantitative estimate of drug-likeness (QED) is 0.0211. The van der Waals surface area contributed by atoms with Crippen molar-refractivity contribution in [1.29, 1.82) is 0 Å². The van der Waals surface area contributed by atoms with Gasteiger partial charge < -0.3 is 28.5 Å². The molecule has 0 radical (unpaired) electrons. The molecular weight excluding hydrogens is 863 g/mol. The SMILES string of the molecule is CC/C=C\C/C=C\C/C=C\C/C=C\C/C=C\C/C=C\C/C=C\C/C=C\C/C=C\CCCC(=O)OC(COC(=O)CCCC/C=C\C/C=C\C/C=C\C/C=C\CC)COC(OCC[N+](C)(C)C)C(=O)O. The van der Waals surface area contributed by atoms with Crippen LogP contribution < -0.4 is 0 Å². The van der Waals surface area contributed by atoms with Crippen molar-refractivity contribution in [3.63, 3.8) is 0 Å². The maximum Gasteiger partial charge on any atom is 0.361 e. The van der Waals surface area contributed by atoms with E-state index < -0.39 is 30.3 Å². The second kappa shape index (κ2) is 49.3. The summed E-state index contributed by atoms with van der Waals surface area (Å²) in [5, 5.41) is 9.66. The Hall–Kier alpha value is -5.09. The van der Waals surface area contributed by atoms with Gasteiger partial charge in [0.2, 0.25) is 0 Å². The van der Waals surface area contributed by atoms with Crippen LogP contribution in [0.2, 0.25) is 0 Å². The number of nitrogens with zero attached hydrogens (tertiary/aromatic N) is 1. The van der Waals surface area contributed by atoms with Gasteiger partial charge in [-0.25, -0.2) is 4.79 Å². The van der Waals surface area contributed by atoms with Gasteiger partial charge in [0.25, 0.3) is 6.29 Å². The number of hydrogen-bond acceptors (Lipinski definition) is 7. The van der Waals surface area contributed by atoms with E-state index in [1.165, 1.54) is 0 Å². The molecule has 0 aliphatic carbocycles. The third-order valence-electron chi connectivity index (χ3n) is 9.78. The molecule has 69 heavy (non-hydrogen) atoms. The minimum atomic E-state index is -1.55. The van der Waals surface area contributed by atoms with Gasteiger partial charge in [-0.2, -0.15) is 0 Å². The normalized spacial score (nSPS) is 14.2. The van der Waals surface area contributed by atoms with Gasteiger partial charge in [0.05, 0.1) is 34.4 Å². The fourth-order valence-corrected chi connectivity index (χ4v) is 5.88. The van der Waals surface area contributed by atoms with E-state index in [1.54, 1.807) is 0 Å². The summed E-state index contributed by atoms with van der Waals surface area (Å²) >= 11 is 0. The molecule has 0 aliphatic rings. The van der Waals surface area contributed by atoms with Crippen molar-refractivity contribution in [2.75, 3.05) is 47.5 Å². The van der Waals surface area contributed by atoms with Gasteiger partial charge in [-0.1, -0.05) is 172 Å². The average Bonchev–Trinajstić information content (AvgIpc) is 3.31. The van der Waals surface area contributed by atoms with Crippen LogP contribution in [0.1, 0.15) is 142 Å². The summed E-state index contributed by atoms with van der Waals surface area (Å²) in [6.45, 7) is 4.48. The number of aliphatic carboxylic acids is 1. The van der Waals surface area contributed by atoms with Crippen LogP contribution in [-0.2, 0) is 33.3 Å². The van der Waals surface area contributed by atoms with Crippen LogP contribution in [0.4, 0.5) is 0 Å². The Morgan fingerprint density at radius 1 is 0.435 bits per heavy atom. The van der Waals surface area contributed by atoms with Gasteiger partial charge in [0, 0.05) is 12.8 Å². The number of esters is 2. The van der Waals surface area contributed by atoms with E-state index in [0.29, 0.717) is 30.3 Å². The lowest BCUT2D eigenvalue weighted by atomic mass is 10.2. The molecule has 0 aromatic heterocycles. The van der Waals surface area contributed by atoms with Gasteiger partial charge in [0.15, 0.2) is 6.10 Å². The predicted octanol–water partition coefficient (Wildman–Crippen LogP) is 14.7. The molecule has 2 unspecified atom stereocenters. The Bertz CT molecular complexity index is 1680. The van der Waals surface area contributed by atoms with Crippen molar-refractivity contribution >= 4 is 17.9 Å². The van der Waals surface area contributed by atoms with Crippen LogP contribution in [0.15, 0.2) is 158 Å². The summed E-state index contributed by atoms with van der Waals surface area (Å²) in [6, 6.07) is 0. The third kappa shape index (κ3) is 50.6. The lowest BCUT2D eigenvalue weighted by Gasteiger charge is -2.25. The molecule has 0 saturated heterocycles. The second-order valence-corrected chi connectivity index (χ2v) is 17.4. The zero-order valence-electron chi connectivity index (χ0n) is 43.4. The molecule has 0 heterocycles.